The standard InChI is InChI=1S/C7H15O.ClH.Mg/c1-4-8-6-5-7(2)3;;/h4-6H2,1-3H3;1H;/q-1;;+2/p-1. The molecule has 0 aromatic rings. The van der Waals surface area contributed by atoms with Crippen molar-refractivity contribution in [1.82, 2.24) is 0 Å². The molecule has 0 amide bonds. The third-order valence-electron chi connectivity index (χ3n) is 0.951. The molecule has 3 heteroatoms. The minimum Gasteiger partial charge on any atom is -1.00 e. The Hall–Kier alpha value is 1.02. The van der Waals surface area contributed by atoms with Crippen LogP contribution in [0, 0.1) is 5.92 Å². The fourth-order valence-electron chi connectivity index (χ4n) is 0.421. The van der Waals surface area contributed by atoms with Crippen molar-refractivity contribution >= 4 is 23.1 Å². The van der Waals surface area contributed by atoms with Crippen molar-refractivity contribution in [2.45, 2.75) is 27.2 Å². The Morgan fingerprint density at radius 2 is 1.80 bits per heavy atom. The Morgan fingerprint density at radius 1 is 1.30 bits per heavy atom. The summed E-state index contributed by atoms with van der Waals surface area (Å²) in [6.45, 7) is 8.00. The fourth-order valence-corrected chi connectivity index (χ4v) is 0.421. The van der Waals surface area contributed by atoms with Crippen LogP contribution in [-0.4, -0.2) is 36.3 Å². The molecule has 10 heavy (non-hydrogen) atoms. The number of halogens is 1. The van der Waals surface area contributed by atoms with E-state index >= 15 is 0 Å². The van der Waals surface area contributed by atoms with Crippen molar-refractivity contribution in [3.63, 3.8) is 0 Å². The van der Waals surface area contributed by atoms with E-state index in [0.29, 0.717) is 0 Å². The molecule has 0 spiro atoms. The van der Waals surface area contributed by atoms with E-state index in [1.807, 2.05) is 6.92 Å². The Labute approximate surface area is 86.5 Å². The zero-order valence-corrected chi connectivity index (χ0v) is 9.28. The first-order valence-electron chi connectivity index (χ1n) is 3.14. The molecule has 0 atom stereocenters. The third kappa shape index (κ3) is 16.0. The second-order valence-corrected chi connectivity index (χ2v) is 2.15. The quantitative estimate of drug-likeness (QED) is 0.291. The molecule has 0 saturated carbocycles. The molecule has 0 fully saturated rings. The van der Waals surface area contributed by atoms with E-state index in [0.717, 1.165) is 19.6 Å². The first kappa shape index (κ1) is 17.2. The molecule has 0 aromatic carbocycles. The molecule has 0 saturated heterocycles. The first-order valence-corrected chi connectivity index (χ1v) is 3.14. The normalized spacial score (nSPS) is 8.40. The van der Waals surface area contributed by atoms with E-state index in [-0.39, 0.29) is 35.5 Å². The average molecular weight is 175 g/mol. The number of hydrogen-bond acceptors (Lipinski definition) is 1. The molecule has 0 rings (SSSR count). The van der Waals surface area contributed by atoms with E-state index in [2.05, 4.69) is 13.8 Å². The zero-order valence-electron chi connectivity index (χ0n) is 7.11. The van der Waals surface area contributed by atoms with E-state index < -0.39 is 0 Å². The van der Waals surface area contributed by atoms with Crippen molar-refractivity contribution < 1.29 is 17.1 Å². The monoisotopic (exact) mass is 174 g/mol. The third-order valence-corrected chi connectivity index (χ3v) is 0.951. The molecule has 0 N–H and O–H groups in total. The van der Waals surface area contributed by atoms with Gasteiger partial charge in [0.05, 0.1) is 0 Å². The van der Waals surface area contributed by atoms with Gasteiger partial charge in [-0.2, -0.15) is 20.3 Å². The summed E-state index contributed by atoms with van der Waals surface area (Å²) >= 11 is 0. The molecule has 0 unspecified atom stereocenters. The molecule has 1 nitrogen and oxygen atoms in total. The van der Waals surface area contributed by atoms with Crippen LogP contribution in [0.3, 0.4) is 0 Å². The summed E-state index contributed by atoms with van der Waals surface area (Å²) in [5.41, 5.74) is 0. The van der Waals surface area contributed by atoms with E-state index in [1.165, 1.54) is 5.92 Å². The molecule has 0 radical (unpaired) electrons. The van der Waals surface area contributed by atoms with Gasteiger partial charge in [0, 0.05) is 13.2 Å². The first-order chi connectivity index (χ1) is 3.77. The molecule has 0 aliphatic rings. The maximum Gasteiger partial charge on any atom is 2.00 e. The number of rotatable bonds is 4. The van der Waals surface area contributed by atoms with E-state index in [9.17, 15) is 0 Å². The van der Waals surface area contributed by atoms with Crippen molar-refractivity contribution in [1.29, 1.82) is 0 Å². The van der Waals surface area contributed by atoms with Crippen LogP contribution < -0.4 is 12.4 Å². The SMILES string of the molecule is CCOCC[C-](C)C.[Cl-].[Mg+2]. The number of hydrogen-bond donors (Lipinski definition) is 0. The molecule has 0 aliphatic carbocycles. The molecule has 0 bridgehead atoms. The van der Waals surface area contributed by atoms with Crippen LogP contribution in [0.25, 0.3) is 0 Å². The maximum absolute atomic E-state index is 5.12. The molecule has 0 heterocycles. The largest absolute Gasteiger partial charge is 2.00 e. The zero-order chi connectivity index (χ0) is 6.41. The van der Waals surface area contributed by atoms with Gasteiger partial charge in [0.15, 0.2) is 0 Å². The summed E-state index contributed by atoms with van der Waals surface area (Å²) < 4.78 is 5.12. The van der Waals surface area contributed by atoms with Gasteiger partial charge in [0.2, 0.25) is 0 Å². The Bertz CT molecular complexity index is 50.9. The molecular formula is C7H15ClMgO. The van der Waals surface area contributed by atoms with Crippen molar-refractivity contribution in [3.05, 3.63) is 5.92 Å². The summed E-state index contributed by atoms with van der Waals surface area (Å²) in [5, 5.41) is 0. The minimum atomic E-state index is 0. The predicted molar refractivity (Wildman–Crippen MR) is 41.5 cm³/mol. The number of ether oxygens (including phenoxy) is 1. The van der Waals surface area contributed by atoms with Crippen LogP contribution in [0.2, 0.25) is 0 Å². The van der Waals surface area contributed by atoms with Gasteiger partial charge in [-0.1, -0.05) is 0 Å². The Balaban J connectivity index is -0.000000245. The summed E-state index contributed by atoms with van der Waals surface area (Å²) in [6, 6.07) is 0. The molecule has 58 valence electrons. The predicted octanol–water partition coefficient (Wildman–Crippen LogP) is -1.35. The summed E-state index contributed by atoms with van der Waals surface area (Å²) in [6.07, 6.45) is 1.10. The van der Waals surface area contributed by atoms with Gasteiger partial charge in [-0.3, -0.25) is 0 Å². The van der Waals surface area contributed by atoms with Crippen LogP contribution in [0.4, 0.5) is 0 Å². The van der Waals surface area contributed by atoms with Gasteiger partial charge in [0.1, 0.15) is 0 Å². The van der Waals surface area contributed by atoms with Crippen LogP contribution in [0.5, 0.6) is 0 Å². The minimum absolute atomic E-state index is 0. The van der Waals surface area contributed by atoms with Gasteiger partial charge in [0.25, 0.3) is 0 Å². The van der Waals surface area contributed by atoms with Crippen LogP contribution in [-0.2, 0) is 4.74 Å². The van der Waals surface area contributed by atoms with E-state index in [1.54, 1.807) is 0 Å². The molecular weight excluding hydrogens is 160 g/mol. The van der Waals surface area contributed by atoms with Crippen LogP contribution in [0.1, 0.15) is 27.2 Å². The van der Waals surface area contributed by atoms with Crippen molar-refractivity contribution in [2.24, 2.45) is 0 Å². The van der Waals surface area contributed by atoms with Gasteiger partial charge in [-0.25, -0.2) is 0 Å². The second kappa shape index (κ2) is 12.7. The molecule has 0 aliphatic heterocycles. The van der Waals surface area contributed by atoms with Crippen molar-refractivity contribution in [3.8, 4) is 0 Å². The van der Waals surface area contributed by atoms with E-state index in [4.69, 9.17) is 4.74 Å². The maximum atomic E-state index is 5.12. The van der Waals surface area contributed by atoms with Gasteiger partial charge >= 0.3 is 23.1 Å². The summed E-state index contributed by atoms with van der Waals surface area (Å²) in [7, 11) is 0. The Kier molecular flexibility index (Phi) is 21.8. The fraction of sp³-hybridized carbons (Fsp3) is 0.857. The molecule has 0 aromatic heterocycles. The second-order valence-electron chi connectivity index (χ2n) is 2.15. The van der Waals surface area contributed by atoms with Crippen LogP contribution >= 0.6 is 0 Å². The topological polar surface area (TPSA) is 9.23 Å². The van der Waals surface area contributed by atoms with Crippen molar-refractivity contribution in [2.75, 3.05) is 13.2 Å². The van der Waals surface area contributed by atoms with Gasteiger partial charge < -0.3 is 23.1 Å². The Morgan fingerprint density at radius 3 is 2.10 bits per heavy atom. The average Bonchev–Trinajstić information content (AvgIpc) is 1.66. The smallest absolute Gasteiger partial charge is 1.00 e. The summed E-state index contributed by atoms with van der Waals surface area (Å²) in [4.78, 5) is 0. The van der Waals surface area contributed by atoms with Crippen LogP contribution in [0.15, 0.2) is 0 Å². The van der Waals surface area contributed by atoms with Gasteiger partial charge in [-0.15, -0.1) is 0 Å². The summed E-state index contributed by atoms with van der Waals surface area (Å²) in [5.74, 6) is 1.44. The van der Waals surface area contributed by atoms with Gasteiger partial charge in [-0.05, 0) is 6.92 Å².